The Morgan fingerprint density at radius 2 is 2.17 bits per heavy atom. The molecule has 1 saturated carbocycles. The van der Waals surface area contributed by atoms with Crippen molar-refractivity contribution in [1.82, 2.24) is 10.2 Å². The van der Waals surface area contributed by atoms with E-state index in [1.807, 2.05) is 0 Å². The summed E-state index contributed by atoms with van der Waals surface area (Å²) in [4.78, 5) is 2.62. The zero-order chi connectivity index (χ0) is 13.2. The fourth-order valence-corrected chi connectivity index (χ4v) is 3.40. The van der Waals surface area contributed by atoms with Crippen molar-refractivity contribution in [2.75, 3.05) is 6.54 Å². The maximum atomic E-state index is 9.45. The lowest BCUT2D eigenvalue weighted by Gasteiger charge is -2.35. The van der Waals surface area contributed by atoms with Crippen LogP contribution in [0.3, 0.4) is 0 Å². The van der Waals surface area contributed by atoms with Crippen LogP contribution in [-0.4, -0.2) is 35.1 Å². The van der Waals surface area contributed by atoms with Gasteiger partial charge in [0.2, 0.25) is 0 Å². The van der Waals surface area contributed by atoms with Crippen molar-refractivity contribution >= 4 is 0 Å². The smallest absolute Gasteiger partial charge is 0.105 e. The van der Waals surface area contributed by atoms with Crippen LogP contribution in [0.2, 0.25) is 0 Å². The molecule has 2 rings (SSSR count). The molecule has 18 heavy (non-hydrogen) atoms. The Morgan fingerprint density at radius 3 is 2.72 bits per heavy atom. The van der Waals surface area contributed by atoms with Gasteiger partial charge in [-0.15, -0.1) is 0 Å². The zero-order valence-electron chi connectivity index (χ0n) is 12.1. The number of likely N-dealkylation sites (tertiary alicyclic amines) is 1. The van der Waals surface area contributed by atoms with Crippen LogP contribution >= 0.6 is 0 Å². The molecule has 0 radical (unpaired) electrons. The van der Waals surface area contributed by atoms with Gasteiger partial charge in [-0.25, -0.2) is 0 Å². The van der Waals surface area contributed by atoms with Gasteiger partial charge in [-0.05, 0) is 58.9 Å². The lowest BCUT2D eigenvalue weighted by atomic mass is 9.93. The monoisotopic (exact) mass is 249 g/mol. The van der Waals surface area contributed by atoms with E-state index in [0.29, 0.717) is 12.1 Å². The first-order valence-corrected chi connectivity index (χ1v) is 7.52. The molecule has 2 fully saturated rings. The van der Waals surface area contributed by atoms with E-state index in [9.17, 15) is 5.26 Å². The second kappa shape index (κ2) is 5.59. The van der Waals surface area contributed by atoms with E-state index in [2.05, 4.69) is 37.1 Å². The van der Waals surface area contributed by atoms with E-state index in [1.165, 1.54) is 38.6 Å². The minimum atomic E-state index is -0.346. The van der Waals surface area contributed by atoms with Gasteiger partial charge >= 0.3 is 0 Å². The third-order valence-corrected chi connectivity index (χ3v) is 4.51. The lowest BCUT2D eigenvalue weighted by molar-refractivity contribution is 0.158. The summed E-state index contributed by atoms with van der Waals surface area (Å²) in [5.41, 5.74) is -0.346. The molecule has 0 bridgehead atoms. The van der Waals surface area contributed by atoms with Crippen LogP contribution in [0, 0.1) is 11.3 Å². The van der Waals surface area contributed by atoms with Crippen LogP contribution in [0.15, 0.2) is 0 Å². The highest BCUT2D eigenvalue weighted by Crippen LogP contribution is 2.29. The molecule has 1 aliphatic heterocycles. The van der Waals surface area contributed by atoms with E-state index in [4.69, 9.17) is 0 Å². The molecule has 3 atom stereocenters. The van der Waals surface area contributed by atoms with Crippen molar-refractivity contribution in [3.63, 3.8) is 0 Å². The van der Waals surface area contributed by atoms with Gasteiger partial charge in [-0.1, -0.05) is 6.92 Å². The maximum Gasteiger partial charge on any atom is 0.105 e. The minimum absolute atomic E-state index is 0.346. The van der Waals surface area contributed by atoms with Gasteiger partial charge in [0.15, 0.2) is 0 Å². The van der Waals surface area contributed by atoms with Crippen LogP contribution in [0.1, 0.15) is 59.3 Å². The van der Waals surface area contributed by atoms with Crippen molar-refractivity contribution in [1.29, 1.82) is 5.26 Å². The first kappa shape index (κ1) is 13.8. The summed E-state index contributed by atoms with van der Waals surface area (Å²) < 4.78 is 0. The van der Waals surface area contributed by atoms with E-state index < -0.39 is 0 Å². The first-order valence-electron chi connectivity index (χ1n) is 7.52. The maximum absolute atomic E-state index is 9.45. The summed E-state index contributed by atoms with van der Waals surface area (Å²) in [5.74, 6) is 0. The van der Waals surface area contributed by atoms with Gasteiger partial charge in [-0.3, -0.25) is 10.2 Å². The van der Waals surface area contributed by atoms with Crippen LogP contribution in [0.25, 0.3) is 0 Å². The summed E-state index contributed by atoms with van der Waals surface area (Å²) >= 11 is 0. The third kappa shape index (κ3) is 3.24. The molecule has 0 amide bonds. The molecule has 0 aromatic carbocycles. The molecule has 3 heteroatoms. The minimum Gasteiger partial charge on any atom is -0.298 e. The third-order valence-electron chi connectivity index (χ3n) is 4.51. The number of hydrogen-bond acceptors (Lipinski definition) is 3. The highest BCUT2D eigenvalue weighted by Gasteiger charge is 2.36. The molecule has 1 aliphatic carbocycles. The quantitative estimate of drug-likeness (QED) is 0.786. The second-order valence-electron chi connectivity index (χ2n) is 6.36. The molecule has 0 aromatic heterocycles. The van der Waals surface area contributed by atoms with Gasteiger partial charge in [0.05, 0.1) is 6.07 Å². The van der Waals surface area contributed by atoms with Gasteiger partial charge < -0.3 is 0 Å². The molecule has 0 aromatic rings. The molecule has 3 unspecified atom stereocenters. The van der Waals surface area contributed by atoms with Crippen molar-refractivity contribution in [2.45, 2.75) is 83.0 Å². The molecule has 0 spiro atoms. The van der Waals surface area contributed by atoms with E-state index in [-0.39, 0.29) is 5.54 Å². The number of nitrogens with zero attached hydrogens (tertiary/aromatic N) is 2. The average molecular weight is 249 g/mol. The Kier molecular flexibility index (Phi) is 4.29. The lowest BCUT2D eigenvalue weighted by Crippen LogP contribution is -2.49. The largest absolute Gasteiger partial charge is 0.298 e. The van der Waals surface area contributed by atoms with Gasteiger partial charge in [0, 0.05) is 18.1 Å². The Labute approximate surface area is 112 Å². The van der Waals surface area contributed by atoms with E-state index >= 15 is 0 Å². The molecular formula is C15H27N3. The molecule has 1 heterocycles. The van der Waals surface area contributed by atoms with Crippen LogP contribution in [-0.2, 0) is 0 Å². The number of nitriles is 1. The topological polar surface area (TPSA) is 39.1 Å². The van der Waals surface area contributed by atoms with Crippen LogP contribution < -0.4 is 5.32 Å². The number of rotatable bonds is 6. The highest BCUT2D eigenvalue weighted by atomic mass is 15.2. The molecule has 102 valence electrons. The highest BCUT2D eigenvalue weighted by molar-refractivity contribution is 5.09. The van der Waals surface area contributed by atoms with Crippen molar-refractivity contribution in [3.8, 4) is 6.07 Å². The first-order chi connectivity index (χ1) is 8.58. The fourth-order valence-electron chi connectivity index (χ4n) is 3.40. The molecule has 1 saturated heterocycles. The molecular weight excluding hydrogens is 222 g/mol. The normalized spacial score (nSPS) is 29.8. The van der Waals surface area contributed by atoms with Crippen LogP contribution in [0.4, 0.5) is 0 Å². The van der Waals surface area contributed by atoms with E-state index in [0.717, 1.165) is 12.5 Å². The Hall–Kier alpha value is -0.590. The summed E-state index contributed by atoms with van der Waals surface area (Å²) in [5, 5.41) is 13.0. The summed E-state index contributed by atoms with van der Waals surface area (Å²) in [6, 6.07) is 4.35. The van der Waals surface area contributed by atoms with Gasteiger partial charge in [0.25, 0.3) is 0 Å². The number of hydrogen-bond donors (Lipinski definition) is 1. The zero-order valence-corrected chi connectivity index (χ0v) is 12.1. The van der Waals surface area contributed by atoms with Gasteiger partial charge in [0.1, 0.15) is 5.54 Å². The molecule has 1 N–H and O–H groups in total. The molecule has 3 nitrogen and oxygen atoms in total. The van der Waals surface area contributed by atoms with Gasteiger partial charge in [-0.2, -0.15) is 5.26 Å². The van der Waals surface area contributed by atoms with Crippen molar-refractivity contribution < 1.29 is 0 Å². The van der Waals surface area contributed by atoms with Crippen molar-refractivity contribution in [3.05, 3.63) is 0 Å². The summed E-state index contributed by atoms with van der Waals surface area (Å²) in [6.45, 7) is 7.85. The fraction of sp³-hybridized carbons (Fsp3) is 0.933. The second-order valence-corrected chi connectivity index (χ2v) is 6.36. The van der Waals surface area contributed by atoms with Crippen LogP contribution in [0.5, 0.6) is 0 Å². The Bertz CT molecular complexity index is 318. The molecule has 2 aliphatic rings. The SMILES string of the molecule is CCC1CCCN1C(C)CC(C)(C#N)NC1CC1. The Balaban J connectivity index is 1.91. The summed E-state index contributed by atoms with van der Waals surface area (Å²) in [7, 11) is 0. The average Bonchev–Trinajstić information content (AvgIpc) is 3.01. The standard InChI is InChI=1S/C15H27N3/c1-4-14-6-5-9-18(14)12(2)10-15(3,11-16)17-13-7-8-13/h12-14,17H,4-10H2,1-3H3. The number of nitrogens with one attached hydrogen (secondary N) is 1. The van der Waals surface area contributed by atoms with E-state index in [1.54, 1.807) is 0 Å². The predicted octanol–water partition coefficient (Wildman–Crippen LogP) is 2.67. The summed E-state index contributed by atoms with van der Waals surface area (Å²) in [6.07, 6.45) is 7.32. The predicted molar refractivity (Wildman–Crippen MR) is 74.3 cm³/mol. The Morgan fingerprint density at radius 1 is 1.44 bits per heavy atom. The van der Waals surface area contributed by atoms with Crippen molar-refractivity contribution in [2.24, 2.45) is 0 Å².